The molecular weight excluding hydrogens is 196 g/mol. The maximum atomic E-state index is 3.69. The molecule has 0 aromatic heterocycles. The van der Waals surface area contributed by atoms with Crippen LogP contribution in [-0.2, 0) is 0 Å². The van der Waals surface area contributed by atoms with Crippen LogP contribution in [0.4, 0.5) is 0 Å². The highest BCUT2D eigenvalue weighted by atomic mass is 15.2. The summed E-state index contributed by atoms with van der Waals surface area (Å²) in [7, 11) is 0. The lowest BCUT2D eigenvalue weighted by atomic mass is 9.96. The molecule has 2 atom stereocenters. The number of hydrogen-bond donors (Lipinski definition) is 1. The minimum Gasteiger partial charge on any atom is -0.314 e. The Morgan fingerprint density at radius 3 is 2.81 bits per heavy atom. The Hall–Kier alpha value is -0.0800. The van der Waals surface area contributed by atoms with Crippen LogP contribution in [0.1, 0.15) is 52.4 Å². The number of rotatable bonds is 6. The fraction of sp³-hybridized carbons (Fsp3) is 1.00. The normalized spacial score (nSPS) is 29.2. The van der Waals surface area contributed by atoms with E-state index >= 15 is 0 Å². The summed E-state index contributed by atoms with van der Waals surface area (Å²) in [4.78, 5) is 2.71. The molecule has 0 aromatic carbocycles. The summed E-state index contributed by atoms with van der Waals surface area (Å²) in [5, 5.41) is 3.69. The average molecular weight is 224 g/mol. The van der Waals surface area contributed by atoms with Crippen LogP contribution in [0.5, 0.6) is 0 Å². The van der Waals surface area contributed by atoms with Crippen molar-refractivity contribution in [2.45, 2.75) is 64.5 Å². The molecule has 16 heavy (non-hydrogen) atoms. The fourth-order valence-electron chi connectivity index (χ4n) is 2.89. The molecule has 0 aromatic rings. The van der Waals surface area contributed by atoms with Crippen LogP contribution in [0, 0.1) is 5.92 Å². The first kappa shape index (κ1) is 12.4. The molecule has 1 heterocycles. The van der Waals surface area contributed by atoms with Crippen molar-refractivity contribution in [3.8, 4) is 0 Å². The SMILES string of the molecule is CCCC(C)N1CCCC(CNC2CC2)C1. The molecule has 1 saturated carbocycles. The molecule has 2 heteroatoms. The van der Waals surface area contributed by atoms with Crippen LogP contribution >= 0.6 is 0 Å². The number of piperidine rings is 1. The zero-order valence-corrected chi connectivity index (χ0v) is 11.0. The zero-order chi connectivity index (χ0) is 11.4. The second-order valence-electron chi connectivity index (χ2n) is 5.82. The first-order chi connectivity index (χ1) is 7.79. The van der Waals surface area contributed by atoms with Gasteiger partial charge in [-0.15, -0.1) is 0 Å². The van der Waals surface area contributed by atoms with E-state index in [4.69, 9.17) is 0 Å². The van der Waals surface area contributed by atoms with E-state index < -0.39 is 0 Å². The van der Waals surface area contributed by atoms with Crippen molar-refractivity contribution in [3.05, 3.63) is 0 Å². The number of hydrogen-bond acceptors (Lipinski definition) is 2. The smallest absolute Gasteiger partial charge is 0.00683 e. The summed E-state index contributed by atoms with van der Waals surface area (Å²) < 4.78 is 0. The molecule has 0 spiro atoms. The lowest BCUT2D eigenvalue weighted by Crippen LogP contribution is -2.44. The highest BCUT2D eigenvalue weighted by Gasteiger charge is 2.26. The monoisotopic (exact) mass is 224 g/mol. The van der Waals surface area contributed by atoms with Crippen molar-refractivity contribution >= 4 is 0 Å². The topological polar surface area (TPSA) is 15.3 Å². The maximum Gasteiger partial charge on any atom is 0.00683 e. The zero-order valence-electron chi connectivity index (χ0n) is 11.0. The highest BCUT2D eigenvalue weighted by Crippen LogP contribution is 2.22. The van der Waals surface area contributed by atoms with Crippen molar-refractivity contribution in [2.75, 3.05) is 19.6 Å². The Labute approximate surface area is 101 Å². The molecule has 2 nitrogen and oxygen atoms in total. The van der Waals surface area contributed by atoms with Gasteiger partial charge >= 0.3 is 0 Å². The van der Waals surface area contributed by atoms with Gasteiger partial charge in [-0.25, -0.2) is 0 Å². The molecule has 2 rings (SSSR count). The minimum absolute atomic E-state index is 0.800. The summed E-state index contributed by atoms with van der Waals surface area (Å²) in [5.41, 5.74) is 0. The molecular formula is C14H28N2. The quantitative estimate of drug-likeness (QED) is 0.746. The van der Waals surface area contributed by atoms with Gasteiger partial charge in [0, 0.05) is 18.6 Å². The Kier molecular flexibility index (Phi) is 4.66. The van der Waals surface area contributed by atoms with E-state index in [1.54, 1.807) is 0 Å². The number of likely N-dealkylation sites (tertiary alicyclic amines) is 1. The van der Waals surface area contributed by atoms with Crippen LogP contribution in [0.3, 0.4) is 0 Å². The largest absolute Gasteiger partial charge is 0.314 e. The predicted molar refractivity (Wildman–Crippen MR) is 69.7 cm³/mol. The van der Waals surface area contributed by atoms with Gasteiger partial charge in [0.2, 0.25) is 0 Å². The van der Waals surface area contributed by atoms with Crippen LogP contribution in [0.2, 0.25) is 0 Å². The average Bonchev–Trinajstić information content (AvgIpc) is 3.11. The van der Waals surface area contributed by atoms with Gasteiger partial charge < -0.3 is 10.2 Å². The molecule has 1 saturated heterocycles. The molecule has 94 valence electrons. The molecule has 2 aliphatic rings. The van der Waals surface area contributed by atoms with Gasteiger partial charge in [0.1, 0.15) is 0 Å². The van der Waals surface area contributed by atoms with Crippen LogP contribution in [0.15, 0.2) is 0 Å². The Bertz CT molecular complexity index is 201. The van der Waals surface area contributed by atoms with Gasteiger partial charge in [0.15, 0.2) is 0 Å². The minimum atomic E-state index is 0.800. The maximum absolute atomic E-state index is 3.69. The van der Waals surface area contributed by atoms with Crippen molar-refractivity contribution in [3.63, 3.8) is 0 Å². The number of nitrogens with one attached hydrogen (secondary N) is 1. The summed E-state index contributed by atoms with van der Waals surface area (Å²) in [5.74, 6) is 0.911. The van der Waals surface area contributed by atoms with E-state index in [2.05, 4.69) is 24.1 Å². The third-order valence-corrected chi connectivity index (χ3v) is 4.15. The van der Waals surface area contributed by atoms with Crippen LogP contribution in [-0.4, -0.2) is 36.6 Å². The second-order valence-corrected chi connectivity index (χ2v) is 5.82. The van der Waals surface area contributed by atoms with E-state index in [1.807, 2.05) is 0 Å². The Balaban J connectivity index is 1.69. The molecule has 0 radical (unpaired) electrons. The van der Waals surface area contributed by atoms with E-state index in [0.29, 0.717) is 0 Å². The molecule has 1 aliphatic carbocycles. The summed E-state index contributed by atoms with van der Waals surface area (Å²) in [6.45, 7) is 8.63. The Morgan fingerprint density at radius 1 is 1.31 bits per heavy atom. The fourth-order valence-corrected chi connectivity index (χ4v) is 2.89. The van der Waals surface area contributed by atoms with Crippen molar-refractivity contribution in [2.24, 2.45) is 5.92 Å². The van der Waals surface area contributed by atoms with E-state index in [1.165, 1.54) is 58.2 Å². The summed E-state index contributed by atoms with van der Waals surface area (Å²) in [6, 6.07) is 1.68. The standard InChI is InChI=1S/C14H28N2/c1-3-5-12(2)16-9-4-6-13(11-16)10-15-14-7-8-14/h12-15H,3-11H2,1-2H3. The highest BCUT2D eigenvalue weighted by molar-refractivity contribution is 4.84. The predicted octanol–water partition coefficient (Wildman–Crippen LogP) is 2.64. The van der Waals surface area contributed by atoms with Gasteiger partial charge in [-0.05, 0) is 58.0 Å². The van der Waals surface area contributed by atoms with Gasteiger partial charge in [-0.2, -0.15) is 0 Å². The molecule has 2 fully saturated rings. The lowest BCUT2D eigenvalue weighted by molar-refractivity contribution is 0.124. The molecule has 0 bridgehead atoms. The van der Waals surface area contributed by atoms with Gasteiger partial charge in [0.25, 0.3) is 0 Å². The molecule has 0 amide bonds. The number of nitrogens with zero attached hydrogens (tertiary/aromatic N) is 1. The molecule has 2 unspecified atom stereocenters. The molecule has 1 N–H and O–H groups in total. The van der Waals surface area contributed by atoms with Gasteiger partial charge in [-0.1, -0.05) is 13.3 Å². The first-order valence-electron chi connectivity index (χ1n) is 7.27. The van der Waals surface area contributed by atoms with Gasteiger partial charge in [-0.3, -0.25) is 0 Å². The van der Waals surface area contributed by atoms with E-state index in [-0.39, 0.29) is 0 Å². The van der Waals surface area contributed by atoms with Crippen LogP contribution in [0.25, 0.3) is 0 Å². The van der Waals surface area contributed by atoms with Crippen LogP contribution < -0.4 is 5.32 Å². The third kappa shape index (κ3) is 3.74. The van der Waals surface area contributed by atoms with Gasteiger partial charge in [0.05, 0.1) is 0 Å². The first-order valence-corrected chi connectivity index (χ1v) is 7.27. The summed E-state index contributed by atoms with van der Waals surface area (Å²) in [6.07, 6.45) is 8.37. The Morgan fingerprint density at radius 2 is 2.12 bits per heavy atom. The summed E-state index contributed by atoms with van der Waals surface area (Å²) >= 11 is 0. The van der Waals surface area contributed by atoms with Crippen molar-refractivity contribution < 1.29 is 0 Å². The second kappa shape index (κ2) is 6.02. The molecule has 1 aliphatic heterocycles. The van der Waals surface area contributed by atoms with Crippen molar-refractivity contribution in [1.29, 1.82) is 0 Å². The van der Waals surface area contributed by atoms with E-state index in [9.17, 15) is 0 Å². The third-order valence-electron chi connectivity index (χ3n) is 4.15. The van der Waals surface area contributed by atoms with Crippen molar-refractivity contribution in [1.82, 2.24) is 10.2 Å². The lowest BCUT2D eigenvalue weighted by Gasteiger charge is -2.37. The van der Waals surface area contributed by atoms with E-state index in [0.717, 1.165) is 18.0 Å².